The van der Waals surface area contributed by atoms with Gasteiger partial charge in [0.05, 0.1) is 0 Å². The highest BCUT2D eigenvalue weighted by Gasteiger charge is 2.25. The summed E-state index contributed by atoms with van der Waals surface area (Å²) in [5.74, 6) is -3.02. The first-order valence-corrected chi connectivity index (χ1v) is 6.33. The summed E-state index contributed by atoms with van der Waals surface area (Å²) in [6, 6.07) is 1.03. The second-order valence-electron chi connectivity index (χ2n) is 4.60. The van der Waals surface area contributed by atoms with Crippen molar-refractivity contribution in [3.63, 3.8) is 0 Å². The van der Waals surface area contributed by atoms with Gasteiger partial charge in [0, 0.05) is 50.5 Å². The van der Waals surface area contributed by atoms with Crippen LogP contribution in [0, 0.1) is 17.5 Å². The largest absolute Gasteiger partial charge is 0.396 e. The van der Waals surface area contributed by atoms with Gasteiger partial charge in [0.25, 0.3) is 0 Å². The van der Waals surface area contributed by atoms with E-state index in [0.717, 1.165) is 19.2 Å². The molecule has 1 fully saturated rings. The fourth-order valence-corrected chi connectivity index (χ4v) is 2.44. The standard InChI is InChI=1S/C13H17F3N2O.ClH/c14-10-8-12(16)11(15)7-9(10)13(1-6-19)18-4-2-17-3-5-18;/h7-8,13,17,19H,1-6H2;1H/t13-;/m1./s1. The summed E-state index contributed by atoms with van der Waals surface area (Å²) < 4.78 is 40.1. The Balaban J connectivity index is 0.00000200. The Kier molecular flexibility index (Phi) is 6.75. The van der Waals surface area contributed by atoms with Crippen LogP contribution in [0.4, 0.5) is 13.2 Å². The molecule has 2 N–H and O–H groups in total. The van der Waals surface area contributed by atoms with Crippen LogP contribution in [-0.2, 0) is 0 Å². The Morgan fingerprint density at radius 1 is 1.10 bits per heavy atom. The Morgan fingerprint density at radius 2 is 1.70 bits per heavy atom. The molecule has 1 heterocycles. The normalized spacial score (nSPS) is 17.6. The highest BCUT2D eigenvalue weighted by atomic mass is 35.5. The van der Waals surface area contributed by atoms with Crippen molar-refractivity contribution >= 4 is 12.4 Å². The summed E-state index contributed by atoms with van der Waals surface area (Å²) in [6.07, 6.45) is 0.294. The third-order valence-electron chi connectivity index (χ3n) is 3.39. The molecule has 1 aromatic rings. The van der Waals surface area contributed by atoms with Crippen LogP contribution in [0.1, 0.15) is 18.0 Å². The van der Waals surface area contributed by atoms with Gasteiger partial charge in [-0.05, 0) is 12.5 Å². The average molecular weight is 311 g/mol. The van der Waals surface area contributed by atoms with Gasteiger partial charge in [0.2, 0.25) is 0 Å². The molecule has 3 nitrogen and oxygen atoms in total. The van der Waals surface area contributed by atoms with Crippen LogP contribution in [0.5, 0.6) is 0 Å². The van der Waals surface area contributed by atoms with Crippen LogP contribution in [-0.4, -0.2) is 42.8 Å². The molecule has 1 aromatic carbocycles. The highest BCUT2D eigenvalue weighted by Crippen LogP contribution is 2.28. The molecular formula is C13H18ClF3N2O. The number of benzene rings is 1. The number of hydrogen-bond acceptors (Lipinski definition) is 3. The van der Waals surface area contributed by atoms with E-state index in [-0.39, 0.29) is 24.6 Å². The van der Waals surface area contributed by atoms with Gasteiger partial charge in [-0.25, -0.2) is 13.2 Å². The average Bonchev–Trinajstić information content (AvgIpc) is 2.42. The molecule has 1 aliphatic rings. The number of nitrogens with one attached hydrogen (secondary N) is 1. The molecule has 0 aliphatic carbocycles. The molecule has 0 radical (unpaired) electrons. The minimum atomic E-state index is -1.19. The molecule has 0 saturated carbocycles. The minimum Gasteiger partial charge on any atom is -0.396 e. The summed E-state index contributed by atoms with van der Waals surface area (Å²) in [5, 5.41) is 12.3. The SMILES string of the molecule is Cl.OCC[C@H](c1cc(F)c(F)cc1F)N1CCNCC1. The smallest absolute Gasteiger partial charge is 0.161 e. The molecule has 7 heteroatoms. The first kappa shape index (κ1) is 17.2. The van der Waals surface area contributed by atoms with Crippen molar-refractivity contribution in [2.24, 2.45) is 0 Å². The molecule has 1 saturated heterocycles. The van der Waals surface area contributed by atoms with E-state index in [1.807, 2.05) is 4.90 Å². The number of halogens is 4. The van der Waals surface area contributed by atoms with Gasteiger partial charge in [-0.15, -0.1) is 12.4 Å². The third kappa shape index (κ3) is 3.85. The zero-order chi connectivity index (χ0) is 13.8. The van der Waals surface area contributed by atoms with E-state index < -0.39 is 23.5 Å². The van der Waals surface area contributed by atoms with E-state index in [0.29, 0.717) is 25.6 Å². The van der Waals surface area contributed by atoms with E-state index in [4.69, 9.17) is 5.11 Å². The maximum absolute atomic E-state index is 13.8. The predicted molar refractivity (Wildman–Crippen MR) is 72.5 cm³/mol. The number of rotatable bonds is 4. The summed E-state index contributed by atoms with van der Waals surface area (Å²) in [6.45, 7) is 2.75. The number of nitrogens with zero attached hydrogens (tertiary/aromatic N) is 1. The molecule has 0 amide bonds. The zero-order valence-corrected chi connectivity index (χ0v) is 11.7. The lowest BCUT2D eigenvalue weighted by molar-refractivity contribution is 0.138. The molecule has 1 aliphatic heterocycles. The lowest BCUT2D eigenvalue weighted by atomic mass is 10.0. The lowest BCUT2D eigenvalue weighted by Crippen LogP contribution is -2.45. The van der Waals surface area contributed by atoms with Gasteiger partial charge < -0.3 is 10.4 Å². The van der Waals surface area contributed by atoms with Crippen molar-refractivity contribution in [1.29, 1.82) is 0 Å². The predicted octanol–water partition coefficient (Wildman–Crippen LogP) is 1.85. The first-order valence-electron chi connectivity index (χ1n) is 6.33. The van der Waals surface area contributed by atoms with Crippen LogP contribution in [0.3, 0.4) is 0 Å². The Bertz CT molecular complexity index is 442. The van der Waals surface area contributed by atoms with Crippen molar-refractivity contribution in [2.45, 2.75) is 12.5 Å². The van der Waals surface area contributed by atoms with Crippen LogP contribution < -0.4 is 5.32 Å². The lowest BCUT2D eigenvalue weighted by Gasteiger charge is -2.35. The molecule has 20 heavy (non-hydrogen) atoms. The maximum atomic E-state index is 13.8. The minimum absolute atomic E-state index is 0. The Hall–Kier alpha value is -0.820. The van der Waals surface area contributed by atoms with Crippen LogP contribution >= 0.6 is 12.4 Å². The molecule has 1 atom stereocenters. The van der Waals surface area contributed by atoms with Crippen LogP contribution in [0.15, 0.2) is 12.1 Å². The van der Waals surface area contributed by atoms with Gasteiger partial charge in [0.15, 0.2) is 11.6 Å². The highest BCUT2D eigenvalue weighted by molar-refractivity contribution is 5.85. The molecular weight excluding hydrogens is 293 g/mol. The monoisotopic (exact) mass is 310 g/mol. The molecule has 0 bridgehead atoms. The van der Waals surface area contributed by atoms with Crippen LogP contribution in [0.25, 0.3) is 0 Å². The number of aliphatic hydroxyl groups is 1. The van der Waals surface area contributed by atoms with E-state index in [1.165, 1.54) is 0 Å². The first-order chi connectivity index (χ1) is 9.13. The van der Waals surface area contributed by atoms with Crippen molar-refractivity contribution in [2.75, 3.05) is 32.8 Å². The Morgan fingerprint density at radius 3 is 2.30 bits per heavy atom. The number of piperazine rings is 1. The topological polar surface area (TPSA) is 35.5 Å². The fourth-order valence-electron chi connectivity index (χ4n) is 2.44. The second-order valence-corrected chi connectivity index (χ2v) is 4.60. The summed E-state index contributed by atoms with van der Waals surface area (Å²) in [5.41, 5.74) is 0.106. The molecule has 0 aromatic heterocycles. The van der Waals surface area contributed by atoms with Gasteiger partial charge in [0.1, 0.15) is 5.82 Å². The summed E-state index contributed by atoms with van der Waals surface area (Å²) in [7, 11) is 0. The van der Waals surface area contributed by atoms with Crippen molar-refractivity contribution in [3.8, 4) is 0 Å². The molecule has 0 spiro atoms. The molecule has 114 valence electrons. The Labute approximate surface area is 122 Å². The second kappa shape index (κ2) is 7.83. The van der Waals surface area contributed by atoms with Gasteiger partial charge in [-0.2, -0.15) is 0 Å². The van der Waals surface area contributed by atoms with E-state index in [2.05, 4.69) is 5.32 Å². The number of hydrogen-bond donors (Lipinski definition) is 2. The zero-order valence-electron chi connectivity index (χ0n) is 10.9. The van der Waals surface area contributed by atoms with Crippen molar-refractivity contribution < 1.29 is 18.3 Å². The van der Waals surface area contributed by atoms with Gasteiger partial charge >= 0.3 is 0 Å². The number of aliphatic hydroxyl groups excluding tert-OH is 1. The maximum Gasteiger partial charge on any atom is 0.161 e. The quantitative estimate of drug-likeness (QED) is 0.833. The third-order valence-corrected chi connectivity index (χ3v) is 3.39. The van der Waals surface area contributed by atoms with Crippen molar-refractivity contribution in [1.82, 2.24) is 10.2 Å². The van der Waals surface area contributed by atoms with Crippen LogP contribution in [0.2, 0.25) is 0 Å². The van der Waals surface area contributed by atoms with E-state index in [1.54, 1.807) is 0 Å². The van der Waals surface area contributed by atoms with Gasteiger partial charge in [-0.1, -0.05) is 0 Å². The molecule has 0 unspecified atom stereocenters. The van der Waals surface area contributed by atoms with E-state index in [9.17, 15) is 13.2 Å². The molecule has 2 rings (SSSR count). The van der Waals surface area contributed by atoms with Crippen molar-refractivity contribution in [3.05, 3.63) is 35.1 Å². The van der Waals surface area contributed by atoms with Gasteiger partial charge in [-0.3, -0.25) is 4.90 Å². The van der Waals surface area contributed by atoms with E-state index >= 15 is 0 Å². The fraction of sp³-hybridized carbons (Fsp3) is 0.538. The summed E-state index contributed by atoms with van der Waals surface area (Å²) in [4.78, 5) is 1.97. The summed E-state index contributed by atoms with van der Waals surface area (Å²) >= 11 is 0.